The van der Waals surface area contributed by atoms with Gasteiger partial charge >= 0.3 is 0 Å². The largest absolute Gasteiger partial charge is 0.341 e. The van der Waals surface area contributed by atoms with E-state index in [9.17, 15) is 0 Å². The number of hydrogen-bond donors (Lipinski definition) is 2. The Balaban J connectivity index is 1.53. The van der Waals surface area contributed by atoms with Crippen molar-refractivity contribution in [2.45, 2.75) is 24.2 Å². The summed E-state index contributed by atoms with van der Waals surface area (Å²) in [6.45, 7) is 1.92. The molecule has 4 rings (SSSR count). The number of anilines is 4. The Morgan fingerprint density at radius 3 is 2.37 bits per heavy atom. The van der Waals surface area contributed by atoms with Gasteiger partial charge in [0.15, 0.2) is 0 Å². The number of nitrogens with zero attached hydrogens (tertiary/aromatic N) is 5. The van der Waals surface area contributed by atoms with E-state index >= 15 is 0 Å². The standard InChI is InChI=1S/C22H25N7S/c1-30-19-12-10-17(11-13-19)16-23-28-21-25-20(24-18-8-4-2-5-9-18)26-22(27-21)29-14-6-3-7-15-29/h2,4-5,8-13,16H,3,6-7,14-15H2,1H3,(H2,24,25,26,27,28)/b23-16-. The lowest BCUT2D eigenvalue weighted by Crippen LogP contribution is -2.31. The van der Waals surface area contributed by atoms with Crippen LogP contribution in [0.15, 0.2) is 64.6 Å². The summed E-state index contributed by atoms with van der Waals surface area (Å²) in [5.74, 6) is 1.59. The maximum Gasteiger partial charge on any atom is 0.250 e. The van der Waals surface area contributed by atoms with Crippen LogP contribution in [0.2, 0.25) is 0 Å². The average molecular weight is 420 g/mol. The van der Waals surface area contributed by atoms with Crippen LogP contribution in [0.4, 0.5) is 23.5 Å². The topological polar surface area (TPSA) is 78.3 Å². The van der Waals surface area contributed by atoms with Crippen LogP contribution >= 0.6 is 11.8 Å². The normalized spacial score (nSPS) is 14.1. The van der Waals surface area contributed by atoms with Gasteiger partial charge < -0.3 is 10.2 Å². The first-order valence-electron chi connectivity index (χ1n) is 10.1. The molecule has 0 aliphatic carbocycles. The third kappa shape index (κ3) is 5.48. The van der Waals surface area contributed by atoms with E-state index in [0.717, 1.165) is 37.2 Å². The molecule has 1 aromatic heterocycles. The number of rotatable bonds is 7. The fourth-order valence-corrected chi connectivity index (χ4v) is 3.62. The van der Waals surface area contributed by atoms with Gasteiger partial charge in [-0.25, -0.2) is 5.43 Å². The van der Waals surface area contributed by atoms with Gasteiger partial charge in [0.1, 0.15) is 0 Å². The molecular weight excluding hydrogens is 394 g/mol. The van der Waals surface area contributed by atoms with Crippen LogP contribution in [0, 0.1) is 0 Å². The Morgan fingerprint density at radius 1 is 0.900 bits per heavy atom. The van der Waals surface area contributed by atoms with Crippen LogP contribution in [0.25, 0.3) is 0 Å². The van der Waals surface area contributed by atoms with Crippen molar-refractivity contribution in [2.24, 2.45) is 5.10 Å². The molecule has 0 unspecified atom stereocenters. The average Bonchev–Trinajstić information content (AvgIpc) is 2.81. The van der Waals surface area contributed by atoms with Gasteiger partial charge in [0.05, 0.1) is 6.21 Å². The molecule has 3 aromatic rings. The Hall–Kier alpha value is -3.13. The quantitative estimate of drug-likeness (QED) is 0.324. The Kier molecular flexibility index (Phi) is 6.76. The number of aromatic nitrogens is 3. The highest BCUT2D eigenvalue weighted by Crippen LogP contribution is 2.20. The number of thioether (sulfide) groups is 1. The lowest BCUT2D eigenvalue weighted by Gasteiger charge is -2.26. The second-order valence-corrected chi connectivity index (χ2v) is 7.84. The fourth-order valence-electron chi connectivity index (χ4n) is 3.21. The fraction of sp³-hybridized carbons (Fsp3) is 0.273. The smallest absolute Gasteiger partial charge is 0.250 e. The summed E-state index contributed by atoms with van der Waals surface area (Å²) >= 11 is 1.72. The molecule has 30 heavy (non-hydrogen) atoms. The van der Waals surface area contributed by atoms with Crippen LogP contribution in [0.1, 0.15) is 24.8 Å². The molecule has 7 nitrogen and oxygen atoms in total. The van der Waals surface area contributed by atoms with Crippen molar-refractivity contribution in [3.63, 3.8) is 0 Å². The minimum Gasteiger partial charge on any atom is -0.341 e. The Bertz CT molecular complexity index is 971. The first-order valence-corrected chi connectivity index (χ1v) is 11.3. The van der Waals surface area contributed by atoms with Gasteiger partial charge in [0.2, 0.25) is 17.8 Å². The van der Waals surface area contributed by atoms with Crippen molar-refractivity contribution in [1.29, 1.82) is 0 Å². The zero-order chi connectivity index (χ0) is 20.6. The zero-order valence-corrected chi connectivity index (χ0v) is 17.8. The van der Waals surface area contributed by atoms with E-state index in [-0.39, 0.29) is 0 Å². The highest BCUT2D eigenvalue weighted by Gasteiger charge is 2.16. The van der Waals surface area contributed by atoms with Crippen LogP contribution in [0.3, 0.4) is 0 Å². The molecule has 0 atom stereocenters. The highest BCUT2D eigenvalue weighted by atomic mass is 32.2. The molecule has 1 aliphatic heterocycles. The first-order chi connectivity index (χ1) is 14.8. The number of piperidine rings is 1. The maximum atomic E-state index is 4.64. The maximum absolute atomic E-state index is 4.64. The third-order valence-electron chi connectivity index (χ3n) is 4.79. The predicted molar refractivity (Wildman–Crippen MR) is 125 cm³/mol. The van der Waals surface area contributed by atoms with E-state index in [4.69, 9.17) is 0 Å². The van der Waals surface area contributed by atoms with Gasteiger partial charge in [0.25, 0.3) is 0 Å². The van der Waals surface area contributed by atoms with Crippen molar-refractivity contribution in [3.8, 4) is 0 Å². The van der Waals surface area contributed by atoms with E-state index < -0.39 is 0 Å². The summed E-state index contributed by atoms with van der Waals surface area (Å²) in [6, 6.07) is 18.1. The molecule has 2 heterocycles. The monoisotopic (exact) mass is 419 g/mol. The van der Waals surface area contributed by atoms with Crippen molar-refractivity contribution < 1.29 is 0 Å². The zero-order valence-electron chi connectivity index (χ0n) is 17.0. The van der Waals surface area contributed by atoms with E-state index in [1.54, 1.807) is 18.0 Å². The molecule has 2 N–H and O–H groups in total. The van der Waals surface area contributed by atoms with Crippen molar-refractivity contribution in [2.75, 3.05) is 35.0 Å². The third-order valence-corrected chi connectivity index (χ3v) is 5.53. The second kappa shape index (κ2) is 10.1. The Morgan fingerprint density at radius 2 is 1.63 bits per heavy atom. The Labute approximate surface area is 181 Å². The van der Waals surface area contributed by atoms with E-state index in [0.29, 0.717) is 17.8 Å². The summed E-state index contributed by atoms with van der Waals surface area (Å²) in [7, 11) is 0. The first kappa shape index (κ1) is 20.2. The molecule has 0 bridgehead atoms. The van der Waals surface area contributed by atoms with Gasteiger partial charge in [-0.3, -0.25) is 0 Å². The second-order valence-electron chi connectivity index (χ2n) is 6.96. The molecule has 8 heteroatoms. The number of hydrogen-bond acceptors (Lipinski definition) is 8. The van der Waals surface area contributed by atoms with Gasteiger partial charge in [-0.05, 0) is 55.3 Å². The molecule has 2 aromatic carbocycles. The van der Waals surface area contributed by atoms with Gasteiger partial charge in [-0.1, -0.05) is 30.3 Å². The van der Waals surface area contributed by atoms with Crippen LogP contribution in [-0.2, 0) is 0 Å². The summed E-state index contributed by atoms with van der Waals surface area (Å²) in [6.07, 6.45) is 7.38. The number of hydrazone groups is 1. The van der Waals surface area contributed by atoms with Gasteiger partial charge in [-0.15, -0.1) is 11.8 Å². The summed E-state index contributed by atoms with van der Waals surface area (Å²) < 4.78 is 0. The van der Waals surface area contributed by atoms with Crippen molar-refractivity contribution >= 4 is 41.5 Å². The van der Waals surface area contributed by atoms with Crippen LogP contribution in [-0.4, -0.2) is 40.5 Å². The molecule has 0 radical (unpaired) electrons. The van der Waals surface area contributed by atoms with Crippen LogP contribution in [0.5, 0.6) is 0 Å². The predicted octanol–water partition coefficient (Wildman–Crippen LogP) is 4.77. The molecule has 154 valence electrons. The summed E-state index contributed by atoms with van der Waals surface area (Å²) in [5.41, 5.74) is 4.90. The van der Waals surface area contributed by atoms with Crippen molar-refractivity contribution in [3.05, 3.63) is 60.2 Å². The lowest BCUT2D eigenvalue weighted by molar-refractivity contribution is 0.568. The van der Waals surface area contributed by atoms with E-state index in [1.807, 2.05) is 42.5 Å². The van der Waals surface area contributed by atoms with Gasteiger partial charge in [0, 0.05) is 23.7 Å². The lowest BCUT2D eigenvalue weighted by atomic mass is 10.1. The van der Waals surface area contributed by atoms with Gasteiger partial charge in [-0.2, -0.15) is 20.1 Å². The van der Waals surface area contributed by atoms with Crippen molar-refractivity contribution in [1.82, 2.24) is 15.0 Å². The minimum atomic E-state index is 0.418. The van der Waals surface area contributed by atoms with Crippen LogP contribution < -0.4 is 15.6 Å². The van der Waals surface area contributed by atoms with E-state index in [2.05, 4.69) is 54.1 Å². The molecule has 0 spiro atoms. The summed E-state index contributed by atoms with van der Waals surface area (Å²) in [5, 5.41) is 7.58. The number of benzene rings is 2. The molecule has 1 saturated heterocycles. The molecule has 1 aliphatic rings. The summed E-state index contributed by atoms with van der Waals surface area (Å²) in [4.78, 5) is 17.2. The molecule has 1 fully saturated rings. The highest BCUT2D eigenvalue weighted by molar-refractivity contribution is 7.98. The SMILES string of the molecule is CSc1ccc(/C=N\Nc2nc(Nc3ccccc3)nc(N3CCCCC3)n2)cc1. The minimum absolute atomic E-state index is 0.418. The molecular formula is C22H25N7S. The molecule has 0 saturated carbocycles. The van der Waals surface area contributed by atoms with E-state index in [1.165, 1.54) is 11.3 Å². The molecule has 0 amide bonds. The number of para-hydroxylation sites is 1. The number of nitrogens with one attached hydrogen (secondary N) is 2.